The molecule has 0 saturated carbocycles. The predicted octanol–water partition coefficient (Wildman–Crippen LogP) is 2.73. The van der Waals surface area contributed by atoms with Crippen molar-refractivity contribution in [1.29, 1.82) is 0 Å². The number of aryl methyl sites for hydroxylation is 3. The molecule has 0 bridgehead atoms. The van der Waals surface area contributed by atoms with E-state index >= 15 is 0 Å². The summed E-state index contributed by atoms with van der Waals surface area (Å²) in [5.41, 5.74) is 5.90. The van der Waals surface area contributed by atoms with E-state index in [1.54, 1.807) is 11.8 Å². The molecule has 1 fully saturated rings. The van der Waals surface area contributed by atoms with E-state index in [0.717, 1.165) is 63.8 Å². The van der Waals surface area contributed by atoms with E-state index in [1.165, 1.54) is 28.5 Å². The van der Waals surface area contributed by atoms with Gasteiger partial charge in [0.25, 0.3) is 0 Å². The van der Waals surface area contributed by atoms with Crippen LogP contribution in [0.3, 0.4) is 0 Å². The molecule has 2 aliphatic heterocycles. The molecule has 186 valence electrons. The first-order valence-corrected chi connectivity index (χ1v) is 13.3. The van der Waals surface area contributed by atoms with Crippen molar-refractivity contribution in [2.45, 2.75) is 69.9 Å². The lowest BCUT2D eigenvalue weighted by Gasteiger charge is -2.24. The Bertz CT molecular complexity index is 1050. The minimum atomic E-state index is -1.73. The van der Waals surface area contributed by atoms with Gasteiger partial charge in [0.2, 0.25) is 5.88 Å². The summed E-state index contributed by atoms with van der Waals surface area (Å²) in [5, 5.41) is 10.3. The van der Waals surface area contributed by atoms with Gasteiger partial charge in [-0.3, -0.25) is 4.72 Å². The number of amides is 2. The van der Waals surface area contributed by atoms with Crippen LogP contribution in [0.2, 0.25) is 0 Å². The maximum atomic E-state index is 12.7. The van der Waals surface area contributed by atoms with Crippen molar-refractivity contribution >= 4 is 22.7 Å². The summed E-state index contributed by atoms with van der Waals surface area (Å²) in [6.45, 7) is 7.62. The SMILES string of the molecule is CCc1cc2c(c(NC(=O)NS(=O)c3cnn4c3OCCC4)c1CC)CCC2.COC1CNC1. The second-order valence-electron chi connectivity index (χ2n) is 8.67. The van der Waals surface area contributed by atoms with E-state index in [-0.39, 0.29) is 0 Å². The maximum absolute atomic E-state index is 12.7. The number of fused-ring (bicyclic) bond motifs is 2. The molecule has 1 aromatic carbocycles. The Morgan fingerprint density at radius 3 is 2.76 bits per heavy atom. The zero-order valence-corrected chi connectivity index (χ0v) is 21.1. The van der Waals surface area contributed by atoms with Gasteiger partial charge in [-0.1, -0.05) is 19.9 Å². The second kappa shape index (κ2) is 11.3. The monoisotopic (exact) mass is 489 g/mol. The van der Waals surface area contributed by atoms with Crippen molar-refractivity contribution in [2.75, 3.05) is 32.1 Å². The third kappa shape index (κ3) is 5.29. The minimum Gasteiger partial charge on any atom is -0.477 e. The maximum Gasteiger partial charge on any atom is 0.331 e. The highest BCUT2D eigenvalue weighted by Crippen LogP contribution is 2.35. The first-order valence-electron chi connectivity index (χ1n) is 12.1. The first kappa shape index (κ1) is 24.7. The average Bonchev–Trinajstić information content (AvgIpc) is 3.45. The molecule has 10 heteroatoms. The molecule has 34 heavy (non-hydrogen) atoms. The van der Waals surface area contributed by atoms with Crippen LogP contribution in [0, 0.1) is 0 Å². The summed E-state index contributed by atoms with van der Waals surface area (Å²) in [4.78, 5) is 13.1. The van der Waals surface area contributed by atoms with Gasteiger partial charge in [-0.25, -0.2) is 13.7 Å². The Hall–Kier alpha value is -2.43. The molecule has 3 heterocycles. The van der Waals surface area contributed by atoms with Gasteiger partial charge in [0.1, 0.15) is 4.90 Å². The van der Waals surface area contributed by atoms with Gasteiger partial charge in [0, 0.05) is 38.9 Å². The fourth-order valence-corrected chi connectivity index (χ4v) is 5.40. The number of ether oxygens (including phenoxy) is 2. The number of carbonyl (C=O) groups excluding carboxylic acids is 1. The topological polar surface area (TPSA) is 107 Å². The summed E-state index contributed by atoms with van der Waals surface area (Å²) in [7, 11) is 0.0117. The molecular formula is C24H35N5O4S. The van der Waals surface area contributed by atoms with E-state index in [9.17, 15) is 9.00 Å². The van der Waals surface area contributed by atoms with E-state index < -0.39 is 17.0 Å². The van der Waals surface area contributed by atoms with Gasteiger partial charge in [-0.15, -0.1) is 0 Å². The summed E-state index contributed by atoms with van der Waals surface area (Å²) >= 11 is 0. The lowest BCUT2D eigenvalue weighted by molar-refractivity contribution is 0.0600. The molecule has 1 saturated heterocycles. The standard InChI is InChI=1S/C20H26N4O3S.C4H9NO/c1-3-13-11-14-7-5-8-16(14)18(15(13)4-2)22-20(25)23-28(26)17-12-21-24-9-6-10-27-19(17)24;1-6-4-2-5-3-4/h11-12H,3-10H2,1-2H3,(H2,22,23,25);4-5H,2-3H2,1H3. The fourth-order valence-electron chi connectivity index (χ4n) is 4.60. The highest BCUT2D eigenvalue weighted by molar-refractivity contribution is 7.83. The first-order chi connectivity index (χ1) is 16.5. The van der Waals surface area contributed by atoms with Crippen LogP contribution in [0.15, 0.2) is 17.2 Å². The van der Waals surface area contributed by atoms with Gasteiger partial charge < -0.3 is 20.1 Å². The Kier molecular flexibility index (Phi) is 8.23. The number of hydrogen-bond acceptors (Lipinski definition) is 6. The summed E-state index contributed by atoms with van der Waals surface area (Å²) in [5.74, 6) is 0.480. The molecule has 2 aromatic rings. The molecule has 3 N–H and O–H groups in total. The Balaban J connectivity index is 0.000000398. The van der Waals surface area contributed by atoms with Gasteiger partial charge >= 0.3 is 6.03 Å². The third-order valence-electron chi connectivity index (χ3n) is 6.55. The zero-order valence-electron chi connectivity index (χ0n) is 20.2. The van der Waals surface area contributed by atoms with Crippen molar-refractivity contribution in [2.24, 2.45) is 0 Å². The zero-order chi connectivity index (χ0) is 24.1. The van der Waals surface area contributed by atoms with Crippen LogP contribution in [0.25, 0.3) is 0 Å². The van der Waals surface area contributed by atoms with Gasteiger partial charge in [-0.2, -0.15) is 5.10 Å². The number of anilines is 1. The van der Waals surface area contributed by atoms with Crippen LogP contribution in [0.1, 0.15) is 48.9 Å². The summed E-state index contributed by atoms with van der Waals surface area (Å²) in [6.07, 6.45) is 7.78. The predicted molar refractivity (Wildman–Crippen MR) is 132 cm³/mol. The van der Waals surface area contributed by atoms with Crippen LogP contribution in [-0.2, 0) is 48.0 Å². The fraction of sp³-hybridized carbons (Fsp3) is 0.583. The molecule has 0 spiro atoms. The largest absolute Gasteiger partial charge is 0.477 e. The van der Waals surface area contributed by atoms with Crippen LogP contribution in [0.4, 0.5) is 10.5 Å². The van der Waals surface area contributed by atoms with E-state index in [0.29, 0.717) is 23.5 Å². The number of rotatable bonds is 6. The summed E-state index contributed by atoms with van der Waals surface area (Å²) in [6, 6.07) is 1.82. The van der Waals surface area contributed by atoms with Crippen LogP contribution < -0.4 is 20.1 Å². The molecule has 3 aliphatic rings. The van der Waals surface area contributed by atoms with Gasteiger partial charge in [0.05, 0.1) is 18.9 Å². The number of hydrogen-bond donors (Lipinski definition) is 3. The van der Waals surface area contributed by atoms with Gasteiger partial charge in [-0.05, 0) is 54.4 Å². The molecule has 9 nitrogen and oxygen atoms in total. The van der Waals surface area contributed by atoms with Crippen molar-refractivity contribution in [3.8, 4) is 5.88 Å². The van der Waals surface area contributed by atoms with Crippen LogP contribution in [-0.4, -0.2) is 52.9 Å². The third-order valence-corrected chi connectivity index (χ3v) is 7.60. The smallest absolute Gasteiger partial charge is 0.331 e. The molecular weight excluding hydrogens is 454 g/mol. The number of methoxy groups -OCH3 is 1. The summed E-state index contributed by atoms with van der Waals surface area (Å²) < 4.78 is 27.4. The lowest BCUT2D eigenvalue weighted by Crippen LogP contribution is -2.47. The highest BCUT2D eigenvalue weighted by Gasteiger charge is 2.24. The number of aromatic nitrogens is 2. The Morgan fingerprint density at radius 2 is 2.12 bits per heavy atom. The molecule has 1 unspecified atom stereocenters. The molecule has 1 atom stereocenters. The Morgan fingerprint density at radius 1 is 1.29 bits per heavy atom. The number of nitrogens with zero attached hydrogens (tertiary/aromatic N) is 2. The van der Waals surface area contributed by atoms with E-state index in [4.69, 9.17) is 9.47 Å². The van der Waals surface area contributed by atoms with Crippen LogP contribution >= 0.6 is 0 Å². The van der Waals surface area contributed by atoms with E-state index in [2.05, 4.69) is 40.4 Å². The number of nitrogens with one attached hydrogen (secondary N) is 3. The average molecular weight is 490 g/mol. The Labute approximate surface area is 203 Å². The number of urea groups is 1. The van der Waals surface area contributed by atoms with Gasteiger partial charge in [0.15, 0.2) is 11.0 Å². The minimum absolute atomic E-state index is 0.401. The van der Waals surface area contributed by atoms with Crippen LogP contribution in [0.5, 0.6) is 5.88 Å². The van der Waals surface area contributed by atoms with Crippen molar-refractivity contribution < 1.29 is 18.5 Å². The van der Waals surface area contributed by atoms with E-state index in [1.807, 2.05) is 0 Å². The molecule has 2 amide bonds. The normalized spacial score (nSPS) is 17.4. The van der Waals surface area contributed by atoms with Crippen molar-refractivity contribution in [1.82, 2.24) is 19.8 Å². The molecule has 5 rings (SSSR count). The molecule has 1 aliphatic carbocycles. The lowest BCUT2D eigenvalue weighted by atomic mass is 9.94. The quantitative estimate of drug-likeness (QED) is 0.576. The molecule has 1 aromatic heterocycles. The number of benzene rings is 1. The molecule has 0 radical (unpaired) electrons. The second-order valence-corrected chi connectivity index (χ2v) is 9.85. The highest BCUT2D eigenvalue weighted by atomic mass is 32.2. The van der Waals surface area contributed by atoms with Crippen molar-refractivity contribution in [3.05, 3.63) is 34.5 Å². The van der Waals surface area contributed by atoms with Crippen molar-refractivity contribution in [3.63, 3.8) is 0 Å². The number of carbonyl (C=O) groups is 1.